The summed E-state index contributed by atoms with van der Waals surface area (Å²) in [6.45, 7) is -0.217. The summed E-state index contributed by atoms with van der Waals surface area (Å²) in [6.07, 6.45) is 4.27. The number of alkyl halides is 2. The minimum Gasteiger partial charge on any atom is -0.480 e. The van der Waals surface area contributed by atoms with E-state index in [0.29, 0.717) is 31.9 Å². The summed E-state index contributed by atoms with van der Waals surface area (Å²) in [7, 11) is 0. The van der Waals surface area contributed by atoms with Gasteiger partial charge in [0, 0.05) is 6.54 Å². The smallest absolute Gasteiger partial charge is 0.326 e. The standard InChI is InChI=1S/C17H20F2N4O4/c18-17(19)8-22(9-17)13-14(27-7-10-3-4-10)21-11(6-20-13)15(24)23-5-1-2-12(23)16(25)26/h6,10,12H,1-5,7-9H2,(H,25,26)/t12-/m1/s1. The fourth-order valence-corrected chi connectivity index (χ4v) is 3.34. The maximum absolute atomic E-state index is 13.2. The number of carbonyl (C=O) groups excluding carboxylic acids is 1. The fourth-order valence-electron chi connectivity index (χ4n) is 3.34. The van der Waals surface area contributed by atoms with E-state index in [1.807, 2.05) is 0 Å². The molecule has 1 N–H and O–H groups in total. The van der Waals surface area contributed by atoms with Gasteiger partial charge in [-0.15, -0.1) is 0 Å². The molecule has 1 atom stereocenters. The number of amides is 1. The number of ether oxygens (including phenoxy) is 1. The van der Waals surface area contributed by atoms with Gasteiger partial charge in [-0.1, -0.05) is 0 Å². The molecule has 2 saturated heterocycles. The largest absolute Gasteiger partial charge is 0.480 e. The Morgan fingerprint density at radius 3 is 2.67 bits per heavy atom. The van der Waals surface area contributed by atoms with Gasteiger partial charge < -0.3 is 19.6 Å². The zero-order valence-electron chi connectivity index (χ0n) is 14.6. The highest BCUT2D eigenvalue weighted by Crippen LogP contribution is 2.36. The van der Waals surface area contributed by atoms with Crippen LogP contribution in [0.2, 0.25) is 0 Å². The summed E-state index contributed by atoms with van der Waals surface area (Å²) in [5.41, 5.74) is -0.0371. The molecular weight excluding hydrogens is 362 g/mol. The molecule has 0 aromatic carbocycles. The molecule has 8 nitrogen and oxygen atoms in total. The Hall–Kier alpha value is -2.52. The van der Waals surface area contributed by atoms with E-state index in [9.17, 15) is 23.5 Å². The van der Waals surface area contributed by atoms with Gasteiger partial charge in [0.15, 0.2) is 11.5 Å². The first-order chi connectivity index (χ1) is 12.8. The zero-order valence-corrected chi connectivity index (χ0v) is 14.6. The van der Waals surface area contributed by atoms with Crippen molar-refractivity contribution in [3.8, 4) is 5.88 Å². The first-order valence-corrected chi connectivity index (χ1v) is 9.00. The second-order valence-electron chi connectivity index (χ2n) is 7.35. The number of anilines is 1. The SMILES string of the molecule is O=C(O)[C@H]1CCCN1C(=O)c1cnc(N2CC(F)(F)C2)c(OCC2CC2)n1. The molecular formula is C17H20F2N4O4. The summed E-state index contributed by atoms with van der Waals surface area (Å²) < 4.78 is 32.1. The predicted octanol–water partition coefficient (Wildman–Crippen LogP) is 1.41. The quantitative estimate of drug-likeness (QED) is 0.795. The Bertz CT molecular complexity index is 763. The van der Waals surface area contributed by atoms with Gasteiger partial charge in [-0.3, -0.25) is 4.79 Å². The van der Waals surface area contributed by atoms with Crippen LogP contribution >= 0.6 is 0 Å². The summed E-state index contributed by atoms with van der Waals surface area (Å²) in [6, 6.07) is -0.885. The molecule has 0 bridgehead atoms. The highest BCUT2D eigenvalue weighted by Gasteiger charge is 2.46. The van der Waals surface area contributed by atoms with E-state index < -0.39 is 36.9 Å². The molecule has 1 aliphatic carbocycles. The van der Waals surface area contributed by atoms with Crippen LogP contribution in [0.15, 0.2) is 6.20 Å². The van der Waals surface area contributed by atoms with Crippen molar-refractivity contribution < 1.29 is 28.2 Å². The van der Waals surface area contributed by atoms with Gasteiger partial charge in [0.1, 0.15) is 6.04 Å². The molecule has 0 spiro atoms. The third-order valence-electron chi connectivity index (χ3n) is 5.04. The van der Waals surface area contributed by atoms with Crippen LogP contribution in [0.1, 0.15) is 36.2 Å². The van der Waals surface area contributed by atoms with Crippen molar-refractivity contribution in [3.63, 3.8) is 0 Å². The molecule has 3 heterocycles. The van der Waals surface area contributed by atoms with Crippen LogP contribution < -0.4 is 9.64 Å². The van der Waals surface area contributed by atoms with Crippen molar-refractivity contribution in [2.45, 2.75) is 37.6 Å². The predicted molar refractivity (Wildman–Crippen MR) is 89.1 cm³/mol. The van der Waals surface area contributed by atoms with E-state index in [2.05, 4.69) is 9.97 Å². The van der Waals surface area contributed by atoms with E-state index in [1.54, 1.807) is 0 Å². The monoisotopic (exact) mass is 382 g/mol. The molecule has 2 aliphatic heterocycles. The van der Waals surface area contributed by atoms with E-state index in [1.165, 1.54) is 16.0 Å². The fraction of sp³-hybridized carbons (Fsp3) is 0.647. The highest BCUT2D eigenvalue weighted by atomic mass is 19.3. The number of hydrogen-bond donors (Lipinski definition) is 1. The topological polar surface area (TPSA) is 95.9 Å². The van der Waals surface area contributed by atoms with Crippen LogP contribution in [-0.2, 0) is 4.79 Å². The van der Waals surface area contributed by atoms with Crippen molar-refractivity contribution in [2.24, 2.45) is 5.92 Å². The maximum atomic E-state index is 13.2. The lowest BCUT2D eigenvalue weighted by Gasteiger charge is -2.39. The minimum absolute atomic E-state index is 0.0371. The molecule has 1 aromatic heterocycles. The van der Waals surface area contributed by atoms with Gasteiger partial charge in [-0.25, -0.2) is 23.5 Å². The number of aliphatic carboxylic acids is 1. The number of halogens is 2. The number of likely N-dealkylation sites (tertiary alicyclic amines) is 1. The molecule has 0 radical (unpaired) electrons. The van der Waals surface area contributed by atoms with Gasteiger partial charge in [-0.05, 0) is 31.6 Å². The van der Waals surface area contributed by atoms with Crippen LogP contribution in [0.5, 0.6) is 5.88 Å². The maximum Gasteiger partial charge on any atom is 0.326 e. The van der Waals surface area contributed by atoms with E-state index in [4.69, 9.17) is 4.74 Å². The number of rotatable bonds is 6. The van der Waals surface area contributed by atoms with Crippen molar-refractivity contribution in [2.75, 3.05) is 31.1 Å². The van der Waals surface area contributed by atoms with Crippen molar-refractivity contribution in [3.05, 3.63) is 11.9 Å². The number of carbonyl (C=O) groups is 2. The molecule has 1 saturated carbocycles. The molecule has 10 heteroatoms. The molecule has 4 rings (SSSR count). The summed E-state index contributed by atoms with van der Waals surface area (Å²) in [5, 5.41) is 9.26. The van der Waals surface area contributed by atoms with Crippen LogP contribution in [-0.4, -0.2) is 70.1 Å². The van der Waals surface area contributed by atoms with Gasteiger partial charge in [0.25, 0.3) is 17.7 Å². The second kappa shape index (κ2) is 6.58. The van der Waals surface area contributed by atoms with Crippen LogP contribution in [0.4, 0.5) is 14.6 Å². The van der Waals surface area contributed by atoms with Crippen molar-refractivity contribution in [1.82, 2.24) is 14.9 Å². The minimum atomic E-state index is -2.77. The Labute approximate surface area is 154 Å². The van der Waals surface area contributed by atoms with E-state index in [0.717, 1.165) is 12.8 Å². The number of carboxylic acids is 1. The number of aromatic nitrogens is 2. The zero-order chi connectivity index (χ0) is 19.2. The van der Waals surface area contributed by atoms with Crippen molar-refractivity contribution >= 4 is 17.7 Å². The summed E-state index contributed by atoms with van der Waals surface area (Å²) in [4.78, 5) is 35.0. The lowest BCUT2D eigenvalue weighted by molar-refractivity contribution is -0.141. The third-order valence-corrected chi connectivity index (χ3v) is 5.04. The van der Waals surface area contributed by atoms with E-state index >= 15 is 0 Å². The average Bonchev–Trinajstić information content (AvgIpc) is 3.30. The molecule has 3 aliphatic rings. The van der Waals surface area contributed by atoms with Gasteiger partial charge in [0.2, 0.25) is 0 Å². The van der Waals surface area contributed by atoms with Gasteiger partial charge in [-0.2, -0.15) is 0 Å². The average molecular weight is 382 g/mol. The molecule has 3 fully saturated rings. The molecule has 1 amide bonds. The van der Waals surface area contributed by atoms with Gasteiger partial charge in [0.05, 0.1) is 25.9 Å². The molecule has 27 heavy (non-hydrogen) atoms. The first-order valence-electron chi connectivity index (χ1n) is 9.00. The summed E-state index contributed by atoms with van der Waals surface area (Å²) in [5.74, 6) is -3.72. The Kier molecular flexibility index (Phi) is 4.35. The number of carboxylic acid groups (broad SMARTS) is 1. The Morgan fingerprint density at radius 1 is 1.30 bits per heavy atom. The van der Waals surface area contributed by atoms with Crippen molar-refractivity contribution in [1.29, 1.82) is 0 Å². The number of hydrogen-bond acceptors (Lipinski definition) is 6. The first kappa shape index (κ1) is 17.9. The lowest BCUT2D eigenvalue weighted by Crippen LogP contribution is -2.56. The highest BCUT2D eigenvalue weighted by molar-refractivity contribution is 5.95. The Balaban J connectivity index is 1.56. The summed E-state index contributed by atoms with van der Waals surface area (Å²) >= 11 is 0. The molecule has 146 valence electrons. The van der Waals surface area contributed by atoms with Crippen LogP contribution in [0, 0.1) is 5.92 Å². The van der Waals surface area contributed by atoms with Crippen LogP contribution in [0.25, 0.3) is 0 Å². The molecule has 0 unspecified atom stereocenters. The Morgan fingerprint density at radius 2 is 2.04 bits per heavy atom. The third kappa shape index (κ3) is 3.65. The van der Waals surface area contributed by atoms with Gasteiger partial charge >= 0.3 is 5.97 Å². The number of nitrogens with zero attached hydrogens (tertiary/aromatic N) is 4. The lowest BCUT2D eigenvalue weighted by atomic mass is 10.1. The van der Waals surface area contributed by atoms with E-state index in [-0.39, 0.29) is 17.4 Å². The second-order valence-corrected chi connectivity index (χ2v) is 7.35. The van der Waals surface area contributed by atoms with Crippen LogP contribution in [0.3, 0.4) is 0 Å². The normalized spacial score (nSPS) is 23.9. The molecule has 1 aromatic rings.